The number of nitrogens with zero attached hydrogens (tertiary/aromatic N) is 1. The van der Waals surface area contributed by atoms with Gasteiger partial charge in [-0.05, 0) is 48.9 Å². The van der Waals surface area contributed by atoms with Crippen LogP contribution in [0.3, 0.4) is 0 Å². The Morgan fingerprint density at radius 3 is 2.77 bits per heavy atom. The quantitative estimate of drug-likeness (QED) is 0.686. The van der Waals surface area contributed by atoms with Gasteiger partial charge >= 0.3 is 6.03 Å². The Morgan fingerprint density at radius 1 is 1.20 bits per heavy atom. The fraction of sp³-hybridized carbons (Fsp3) is 0.391. The zero-order valence-electron chi connectivity index (χ0n) is 16.9. The van der Waals surface area contributed by atoms with E-state index in [-0.39, 0.29) is 25.6 Å². The molecule has 1 saturated heterocycles. The lowest BCUT2D eigenvalue weighted by atomic mass is 9.89. The normalized spacial score (nSPS) is 21.6. The first kappa shape index (κ1) is 20.5. The smallest absolute Gasteiger partial charge is 0.325 e. The van der Waals surface area contributed by atoms with E-state index in [4.69, 9.17) is 4.74 Å². The van der Waals surface area contributed by atoms with Crippen molar-refractivity contribution in [3.05, 3.63) is 70.5 Å². The summed E-state index contributed by atoms with van der Waals surface area (Å²) in [6, 6.07) is 11.6. The number of urea groups is 1. The number of amides is 3. The van der Waals surface area contributed by atoms with Gasteiger partial charge in [-0.25, -0.2) is 9.18 Å². The number of aliphatic hydroxyl groups excluding tert-OH is 1. The SMILES string of the molecule is C[C@@]1(c2ccc3c(c2)CCC3)NC(=O)N(C[C@H](O)COCc2ccccc2F)C1=O. The molecule has 0 spiro atoms. The average Bonchev–Trinajstić information content (AvgIpc) is 3.28. The molecule has 0 bridgehead atoms. The summed E-state index contributed by atoms with van der Waals surface area (Å²) >= 11 is 0. The summed E-state index contributed by atoms with van der Waals surface area (Å²) in [4.78, 5) is 26.5. The van der Waals surface area contributed by atoms with Crippen LogP contribution in [0.15, 0.2) is 42.5 Å². The maximum atomic E-state index is 13.6. The number of hydrogen-bond acceptors (Lipinski definition) is 4. The summed E-state index contributed by atoms with van der Waals surface area (Å²) < 4.78 is 19.0. The number of carbonyl (C=O) groups excluding carboxylic acids is 2. The van der Waals surface area contributed by atoms with E-state index < -0.39 is 23.6 Å². The van der Waals surface area contributed by atoms with Crippen molar-refractivity contribution < 1.29 is 23.8 Å². The van der Waals surface area contributed by atoms with E-state index in [1.807, 2.05) is 18.2 Å². The highest BCUT2D eigenvalue weighted by atomic mass is 19.1. The third-order valence-corrected chi connectivity index (χ3v) is 5.87. The number of hydrogen-bond donors (Lipinski definition) is 2. The highest BCUT2D eigenvalue weighted by Gasteiger charge is 2.49. The highest BCUT2D eigenvalue weighted by molar-refractivity contribution is 6.07. The van der Waals surface area contributed by atoms with Crippen LogP contribution in [0.25, 0.3) is 0 Å². The van der Waals surface area contributed by atoms with Crippen LogP contribution in [-0.2, 0) is 34.5 Å². The molecule has 1 aliphatic heterocycles. The van der Waals surface area contributed by atoms with Crippen LogP contribution in [0.2, 0.25) is 0 Å². The fourth-order valence-electron chi connectivity index (χ4n) is 4.13. The number of nitrogens with one attached hydrogen (secondary N) is 1. The van der Waals surface area contributed by atoms with Gasteiger partial charge in [0.05, 0.1) is 25.9 Å². The lowest BCUT2D eigenvalue weighted by molar-refractivity contribution is -0.132. The van der Waals surface area contributed by atoms with Crippen molar-refractivity contribution >= 4 is 11.9 Å². The summed E-state index contributed by atoms with van der Waals surface area (Å²) in [5.41, 5.74) is 2.47. The molecule has 1 fully saturated rings. The van der Waals surface area contributed by atoms with E-state index in [1.54, 1.807) is 25.1 Å². The molecule has 2 aromatic rings. The molecule has 1 heterocycles. The predicted octanol–water partition coefficient (Wildman–Crippen LogP) is 2.66. The van der Waals surface area contributed by atoms with Crippen molar-refractivity contribution in [2.24, 2.45) is 0 Å². The van der Waals surface area contributed by atoms with E-state index >= 15 is 0 Å². The zero-order valence-corrected chi connectivity index (χ0v) is 16.9. The fourth-order valence-corrected chi connectivity index (χ4v) is 4.13. The number of fused-ring (bicyclic) bond motifs is 1. The van der Waals surface area contributed by atoms with E-state index in [0.717, 1.165) is 29.7 Å². The molecular formula is C23H25FN2O4. The third kappa shape index (κ3) is 3.82. The van der Waals surface area contributed by atoms with Crippen molar-refractivity contribution in [3.8, 4) is 0 Å². The van der Waals surface area contributed by atoms with Gasteiger partial charge in [-0.15, -0.1) is 0 Å². The van der Waals surface area contributed by atoms with Gasteiger partial charge in [-0.2, -0.15) is 0 Å². The summed E-state index contributed by atoms with van der Waals surface area (Å²) in [5, 5.41) is 13.0. The minimum Gasteiger partial charge on any atom is -0.389 e. The molecular weight excluding hydrogens is 387 g/mol. The number of aryl methyl sites for hydroxylation is 2. The largest absolute Gasteiger partial charge is 0.389 e. The first-order chi connectivity index (χ1) is 14.4. The van der Waals surface area contributed by atoms with Gasteiger partial charge in [0.2, 0.25) is 0 Å². The van der Waals surface area contributed by atoms with Crippen LogP contribution in [0, 0.1) is 5.82 Å². The van der Waals surface area contributed by atoms with Crippen molar-refractivity contribution in [1.29, 1.82) is 0 Å². The molecule has 0 unspecified atom stereocenters. The molecule has 1 aliphatic carbocycles. The van der Waals surface area contributed by atoms with Gasteiger partial charge in [0.15, 0.2) is 0 Å². The maximum absolute atomic E-state index is 13.6. The number of rotatable bonds is 7. The molecule has 158 valence electrons. The van der Waals surface area contributed by atoms with Gasteiger partial charge < -0.3 is 15.2 Å². The van der Waals surface area contributed by atoms with Crippen molar-refractivity contribution in [1.82, 2.24) is 10.2 Å². The minimum absolute atomic E-state index is 0.00326. The number of β-amino-alcohol motifs (C(OH)–C–C–N with tert-alkyl or cyclic N) is 1. The summed E-state index contributed by atoms with van der Waals surface area (Å²) in [7, 11) is 0. The maximum Gasteiger partial charge on any atom is 0.325 e. The van der Waals surface area contributed by atoms with Gasteiger partial charge in [0.25, 0.3) is 5.91 Å². The molecule has 0 saturated carbocycles. The summed E-state index contributed by atoms with van der Waals surface area (Å²) in [6.45, 7) is 1.37. The number of halogens is 1. The molecule has 2 N–H and O–H groups in total. The number of carbonyl (C=O) groups is 2. The number of imide groups is 1. The Morgan fingerprint density at radius 2 is 1.97 bits per heavy atom. The second kappa shape index (κ2) is 8.16. The van der Waals surface area contributed by atoms with Crippen molar-refractivity contribution in [3.63, 3.8) is 0 Å². The van der Waals surface area contributed by atoms with Crippen LogP contribution in [0.4, 0.5) is 9.18 Å². The standard InChI is InChI=1S/C23H25FN2O4/c1-23(18-10-9-15-6-4-7-16(15)11-18)21(28)26(22(29)25-23)12-19(27)14-30-13-17-5-2-3-8-20(17)24/h2-3,5,8-11,19,27H,4,6-7,12-14H2,1H3,(H,25,29)/t19-,23-/m0/s1. The highest BCUT2D eigenvalue weighted by Crippen LogP contribution is 2.32. The molecule has 3 amide bonds. The molecule has 0 aromatic heterocycles. The molecule has 30 heavy (non-hydrogen) atoms. The summed E-state index contributed by atoms with van der Waals surface area (Å²) in [5.74, 6) is -0.787. The number of ether oxygens (including phenoxy) is 1. The Bertz CT molecular complexity index is 979. The average molecular weight is 412 g/mol. The third-order valence-electron chi connectivity index (χ3n) is 5.87. The van der Waals surface area contributed by atoms with Gasteiger partial charge in [-0.3, -0.25) is 9.69 Å². The topological polar surface area (TPSA) is 78.9 Å². The van der Waals surface area contributed by atoms with Crippen LogP contribution in [0.5, 0.6) is 0 Å². The van der Waals surface area contributed by atoms with Crippen LogP contribution in [-0.4, -0.2) is 41.2 Å². The first-order valence-electron chi connectivity index (χ1n) is 10.1. The summed E-state index contributed by atoms with van der Waals surface area (Å²) in [6.07, 6.45) is 2.04. The molecule has 2 atom stereocenters. The number of aliphatic hydroxyl groups is 1. The zero-order chi connectivity index (χ0) is 21.3. The van der Waals surface area contributed by atoms with E-state index in [0.29, 0.717) is 5.56 Å². The Labute approximate surface area is 174 Å². The lowest BCUT2D eigenvalue weighted by Crippen LogP contribution is -2.42. The van der Waals surface area contributed by atoms with Crippen molar-refractivity contribution in [2.45, 2.75) is 44.4 Å². The van der Waals surface area contributed by atoms with Gasteiger partial charge in [-0.1, -0.05) is 36.4 Å². The molecule has 4 rings (SSSR count). The van der Waals surface area contributed by atoms with Crippen LogP contribution >= 0.6 is 0 Å². The van der Waals surface area contributed by atoms with Gasteiger partial charge in [0, 0.05) is 5.56 Å². The van der Waals surface area contributed by atoms with Gasteiger partial charge in [0.1, 0.15) is 11.4 Å². The number of benzene rings is 2. The molecule has 0 radical (unpaired) electrons. The Kier molecular flexibility index (Phi) is 5.58. The first-order valence-corrected chi connectivity index (χ1v) is 10.1. The molecule has 2 aromatic carbocycles. The molecule has 6 nitrogen and oxygen atoms in total. The van der Waals surface area contributed by atoms with Crippen LogP contribution in [0.1, 0.15) is 35.6 Å². The van der Waals surface area contributed by atoms with E-state index in [1.165, 1.54) is 17.2 Å². The molecule has 7 heteroatoms. The Hall–Kier alpha value is -2.77. The monoisotopic (exact) mass is 412 g/mol. The van der Waals surface area contributed by atoms with E-state index in [9.17, 15) is 19.1 Å². The van der Waals surface area contributed by atoms with Crippen molar-refractivity contribution in [2.75, 3.05) is 13.2 Å². The predicted molar refractivity (Wildman–Crippen MR) is 108 cm³/mol. The minimum atomic E-state index is -1.16. The van der Waals surface area contributed by atoms with Crippen LogP contribution < -0.4 is 5.32 Å². The molecule has 2 aliphatic rings. The second-order valence-electron chi connectivity index (χ2n) is 8.07. The Balaban J connectivity index is 1.38. The lowest BCUT2D eigenvalue weighted by Gasteiger charge is -2.24. The van der Waals surface area contributed by atoms with E-state index in [2.05, 4.69) is 5.32 Å². The second-order valence-corrected chi connectivity index (χ2v) is 8.07.